The Labute approximate surface area is 148 Å². The Morgan fingerprint density at radius 3 is 2.92 bits per heavy atom. The third kappa shape index (κ3) is 9.09. The first-order chi connectivity index (χ1) is 11.5. The maximum absolute atomic E-state index is 10.1. The monoisotopic (exact) mass is 333 g/mol. The van der Waals surface area contributed by atoms with Crippen molar-refractivity contribution >= 4 is 0 Å². The van der Waals surface area contributed by atoms with Gasteiger partial charge in [0.1, 0.15) is 0 Å². The summed E-state index contributed by atoms with van der Waals surface area (Å²) in [5.41, 5.74) is 1.00. The number of aliphatic hydroxyl groups is 1. The highest BCUT2D eigenvalue weighted by atomic mass is 16.5. The molecule has 0 heterocycles. The van der Waals surface area contributed by atoms with E-state index in [2.05, 4.69) is 44.8 Å². The quantitative estimate of drug-likeness (QED) is 0.652. The van der Waals surface area contributed by atoms with Gasteiger partial charge in [-0.1, -0.05) is 51.2 Å². The molecular weight excluding hydrogens is 298 g/mol. The van der Waals surface area contributed by atoms with E-state index in [4.69, 9.17) is 4.74 Å². The number of aliphatic hydroxyl groups excluding tert-OH is 1. The van der Waals surface area contributed by atoms with Gasteiger partial charge in [0.05, 0.1) is 18.5 Å². The van der Waals surface area contributed by atoms with Crippen LogP contribution in [0.2, 0.25) is 0 Å². The molecule has 24 heavy (non-hydrogen) atoms. The molecule has 0 saturated heterocycles. The van der Waals surface area contributed by atoms with Crippen molar-refractivity contribution in [1.82, 2.24) is 5.32 Å². The second-order valence-electron chi connectivity index (χ2n) is 6.77. The minimum atomic E-state index is -0.363. The van der Waals surface area contributed by atoms with E-state index in [1.165, 1.54) is 0 Å². The summed E-state index contributed by atoms with van der Waals surface area (Å²) >= 11 is 0. The molecule has 2 N–H and O–H groups in total. The van der Waals surface area contributed by atoms with Crippen LogP contribution in [-0.4, -0.2) is 30.4 Å². The molecule has 1 aliphatic rings. The number of hydrogen-bond acceptors (Lipinski definition) is 3. The van der Waals surface area contributed by atoms with E-state index in [0.29, 0.717) is 31.5 Å². The van der Waals surface area contributed by atoms with E-state index in [9.17, 15) is 5.11 Å². The molecule has 0 aliphatic heterocycles. The zero-order chi connectivity index (χ0) is 17.8. The van der Waals surface area contributed by atoms with Crippen molar-refractivity contribution in [3.8, 4) is 0 Å². The molecule has 3 unspecified atom stereocenters. The normalized spacial score (nSPS) is 26.1. The van der Waals surface area contributed by atoms with Crippen LogP contribution in [0.25, 0.3) is 0 Å². The average molecular weight is 334 g/mol. The molecule has 0 fully saturated rings. The van der Waals surface area contributed by atoms with Crippen LogP contribution < -0.4 is 5.32 Å². The van der Waals surface area contributed by atoms with Gasteiger partial charge in [-0.2, -0.15) is 0 Å². The molecule has 0 spiro atoms. The number of hydrogen-bond donors (Lipinski definition) is 2. The Morgan fingerprint density at radius 1 is 1.38 bits per heavy atom. The molecule has 3 nitrogen and oxygen atoms in total. The van der Waals surface area contributed by atoms with Gasteiger partial charge in [-0.3, -0.25) is 0 Å². The molecule has 0 saturated carbocycles. The van der Waals surface area contributed by atoms with Crippen LogP contribution in [0.3, 0.4) is 0 Å². The van der Waals surface area contributed by atoms with Crippen LogP contribution in [-0.2, 0) is 4.74 Å². The fraction of sp³-hybridized carbons (Fsp3) is 0.619. The number of allylic oxidation sites excluding steroid dienone is 7. The average Bonchev–Trinajstić information content (AvgIpc) is 2.55. The van der Waals surface area contributed by atoms with Crippen LogP contribution in [0.15, 0.2) is 48.3 Å². The van der Waals surface area contributed by atoms with Gasteiger partial charge in [-0.25, -0.2) is 0 Å². The van der Waals surface area contributed by atoms with Gasteiger partial charge >= 0.3 is 0 Å². The number of nitrogens with one attached hydrogen (secondary N) is 1. The molecule has 136 valence electrons. The molecule has 0 amide bonds. The van der Waals surface area contributed by atoms with Crippen molar-refractivity contribution in [2.24, 2.45) is 5.92 Å². The smallest absolute Gasteiger partial charge is 0.0987 e. The Balaban J connectivity index is 2.39. The van der Waals surface area contributed by atoms with Crippen molar-refractivity contribution in [1.29, 1.82) is 0 Å². The highest BCUT2D eigenvalue weighted by Crippen LogP contribution is 2.20. The van der Waals surface area contributed by atoms with Crippen molar-refractivity contribution in [3.05, 3.63) is 48.3 Å². The van der Waals surface area contributed by atoms with Crippen LogP contribution >= 0.6 is 0 Å². The number of rotatable bonds is 9. The maximum Gasteiger partial charge on any atom is 0.0987 e. The zero-order valence-electron chi connectivity index (χ0n) is 15.6. The maximum atomic E-state index is 10.1. The lowest BCUT2D eigenvalue weighted by Gasteiger charge is -2.19. The predicted molar refractivity (Wildman–Crippen MR) is 103 cm³/mol. The van der Waals surface area contributed by atoms with E-state index < -0.39 is 0 Å². The molecule has 1 aliphatic carbocycles. The Bertz CT molecular complexity index is 451. The molecule has 3 heteroatoms. The van der Waals surface area contributed by atoms with Crippen LogP contribution in [0.1, 0.15) is 52.9 Å². The minimum Gasteiger partial charge on any atom is -0.498 e. The minimum absolute atomic E-state index is 0.363. The first-order valence-electron chi connectivity index (χ1n) is 9.30. The lowest BCUT2D eigenvalue weighted by Crippen LogP contribution is -2.34. The van der Waals surface area contributed by atoms with Gasteiger partial charge in [-0.15, -0.1) is 0 Å². The molecule has 0 aromatic carbocycles. The number of ether oxygens (including phenoxy) is 1. The summed E-state index contributed by atoms with van der Waals surface area (Å²) in [7, 11) is 0. The van der Waals surface area contributed by atoms with Crippen molar-refractivity contribution in [2.45, 2.75) is 65.0 Å². The summed E-state index contributed by atoms with van der Waals surface area (Å²) in [6, 6.07) is 0.456. The summed E-state index contributed by atoms with van der Waals surface area (Å²) in [6.07, 6.45) is 14.9. The third-order valence-corrected chi connectivity index (χ3v) is 4.30. The van der Waals surface area contributed by atoms with Gasteiger partial charge in [0.2, 0.25) is 0 Å². The lowest BCUT2D eigenvalue weighted by atomic mass is 10.0. The van der Waals surface area contributed by atoms with Crippen LogP contribution in [0.4, 0.5) is 0 Å². The topological polar surface area (TPSA) is 41.5 Å². The fourth-order valence-corrected chi connectivity index (χ4v) is 2.69. The first-order valence-corrected chi connectivity index (χ1v) is 9.30. The second-order valence-corrected chi connectivity index (χ2v) is 6.77. The molecule has 3 atom stereocenters. The van der Waals surface area contributed by atoms with E-state index in [1.54, 1.807) is 0 Å². The highest BCUT2D eigenvalue weighted by Gasteiger charge is 2.11. The predicted octanol–water partition coefficient (Wildman–Crippen LogP) is 4.51. The van der Waals surface area contributed by atoms with Crippen molar-refractivity contribution in [3.63, 3.8) is 0 Å². The van der Waals surface area contributed by atoms with Gasteiger partial charge < -0.3 is 15.2 Å². The van der Waals surface area contributed by atoms with Gasteiger partial charge in [0.25, 0.3) is 0 Å². The summed E-state index contributed by atoms with van der Waals surface area (Å²) < 4.78 is 5.96. The molecule has 0 aromatic heterocycles. The summed E-state index contributed by atoms with van der Waals surface area (Å²) in [5, 5.41) is 13.5. The Hall–Kier alpha value is -1.32. The second kappa shape index (κ2) is 12.1. The van der Waals surface area contributed by atoms with Gasteiger partial charge in [0, 0.05) is 24.9 Å². The molecule has 0 bridgehead atoms. The molecule has 1 rings (SSSR count). The first kappa shape index (κ1) is 20.7. The summed E-state index contributed by atoms with van der Waals surface area (Å²) in [4.78, 5) is 0. The van der Waals surface area contributed by atoms with E-state index >= 15 is 0 Å². The fourth-order valence-electron chi connectivity index (χ4n) is 2.69. The molecule has 0 radical (unpaired) electrons. The summed E-state index contributed by atoms with van der Waals surface area (Å²) in [5.74, 6) is 1.37. The largest absolute Gasteiger partial charge is 0.498 e. The zero-order valence-corrected chi connectivity index (χ0v) is 15.6. The van der Waals surface area contributed by atoms with Crippen LogP contribution in [0, 0.1) is 5.92 Å². The standard InChI is InChI=1S/C21H35NO2/c1-5-9-19(4)22-16-20(23)14-15-24-21-13-8-11-17(2)10-6-7-12-18(21)3/h6,8,10-11,13,18-20,22-23H,2,5,7,9,12,14-16H2,1,3-4H3/b10-6-,11-8-,21-13+. The van der Waals surface area contributed by atoms with Crippen molar-refractivity contribution in [2.75, 3.05) is 13.2 Å². The molecule has 0 aromatic rings. The highest BCUT2D eigenvalue weighted by molar-refractivity contribution is 5.30. The van der Waals surface area contributed by atoms with E-state index in [0.717, 1.165) is 37.0 Å². The summed E-state index contributed by atoms with van der Waals surface area (Å²) in [6.45, 7) is 11.7. The Kier molecular flexibility index (Phi) is 10.4. The third-order valence-electron chi connectivity index (χ3n) is 4.30. The molecular formula is C21H35NO2. The van der Waals surface area contributed by atoms with E-state index in [1.807, 2.05) is 18.2 Å². The van der Waals surface area contributed by atoms with Gasteiger partial charge in [-0.05, 0) is 37.8 Å². The van der Waals surface area contributed by atoms with Crippen molar-refractivity contribution < 1.29 is 9.84 Å². The lowest BCUT2D eigenvalue weighted by molar-refractivity contribution is 0.102. The SMILES string of the molecule is C=C1/C=C\C=C(\OCCC(O)CNC(C)CCC)C(C)CC/C=C\1. The van der Waals surface area contributed by atoms with Crippen LogP contribution in [0.5, 0.6) is 0 Å². The Morgan fingerprint density at radius 2 is 2.17 bits per heavy atom. The van der Waals surface area contributed by atoms with E-state index in [-0.39, 0.29) is 6.10 Å². The van der Waals surface area contributed by atoms with Gasteiger partial charge in [0.15, 0.2) is 0 Å².